The van der Waals surface area contributed by atoms with Gasteiger partial charge in [-0.15, -0.1) is 0 Å². The number of aromatic hydroxyl groups is 1. The van der Waals surface area contributed by atoms with E-state index in [0.717, 1.165) is 0 Å². The van der Waals surface area contributed by atoms with E-state index in [4.69, 9.17) is 15.0 Å². The molecule has 0 fully saturated rings. The van der Waals surface area contributed by atoms with Gasteiger partial charge < -0.3 is 20.1 Å². The van der Waals surface area contributed by atoms with Crippen molar-refractivity contribution in [1.29, 1.82) is 0 Å². The number of nitrogens with zero attached hydrogens (tertiary/aromatic N) is 4. The Labute approximate surface area is 152 Å². The number of thioether (sulfide) groups is 1. The molecule has 3 N–H and O–H groups in total. The summed E-state index contributed by atoms with van der Waals surface area (Å²) < 4.78 is 10.0. The molecule has 26 heavy (non-hydrogen) atoms. The number of hydrogen-bond donors (Lipinski definition) is 2. The summed E-state index contributed by atoms with van der Waals surface area (Å²) in [5, 5.41) is 14.0. The molecule has 9 nitrogen and oxygen atoms in total. The van der Waals surface area contributed by atoms with Crippen molar-refractivity contribution < 1.29 is 19.2 Å². The molecule has 0 saturated heterocycles. The van der Waals surface area contributed by atoms with Crippen molar-refractivity contribution in [3.8, 4) is 17.2 Å². The number of hydrogen-bond acceptors (Lipinski definition) is 10. The Bertz CT molecular complexity index is 931. The van der Waals surface area contributed by atoms with Gasteiger partial charge in [0.15, 0.2) is 11.0 Å². The lowest BCUT2D eigenvalue weighted by Crippen LogP contribution is -2.10. The number of phenolic OH excluding ortho intramolecular Hbond substituents is 1. The van der Waals surface area contributed by atoms with E-state index in [0.29, 0.717) is 22.3 Å². The number of benzene rings is 1. The van der Waals surface area contributed by atoms with Crippen LogP contribution in [0, 0.1) is 0 Å². The average molecular weight is 373 g/mol. The molecule has 0 bridgehead atoms. The Kier molecular flexibility index (Phi) is 5.32. The minimum atomic E-state index is -0.563. The topological polar surface area (TPSA) is 137 Å². The molecule has 0 saturated carbocycles. The Morgan fingerprint density at radius 1 is 1.35 bits per heavy atom. The number of anilines is 1. The highest BCUT2D eigenvalue weighted by molar-refractivity contribution is 7.98. The van der Waals surface area contributed by atoms with E-state index < -0.39 is 5.97 Å². The van der Waals surface area contributed by atoms with Gasteiger partial charge in [0, 0.05) is 6.20 Å². The monoisotopic (exact) mass is 373 g/mol. The highest BCUT2D eigenvalue weighted by atomic mass is 32.2. The maximum atomic E-state index is 11.7. The molecule has 0 atom stereocenters. The van der Waals surface area contributed by atoms with Crippen molar-refractivity contribution in [2.75, 3.05) is 12.3 Å². The highest BCUT2D eigenvalue weighted by Gasteiger charge is 2.15. The molecule has 0 unspecified atom stereocenters. The third-order valence-corrected chi connectivity index (χ3v) is 4.08. The van der Waals surface area contributed by atoms with Gasteiger partial charge in [0.25, 0.3) is 5.89 Å². The van der Waals surface area contributed by atoms with Gasteiger partial charge in [-0.05, 0) is 19.1 Å². The number of aromatic nitrogens is 4. The number of nitrogen functional groups attached to an aromatic ring is 1. The number of para-hydroxylation sites is 1. The summed E-state index contributed by atoms with van der Waals surface area (Å²) in [5.74, 6) is 0.494. The maximum absolute atomic E-state index is 11.7. The molecule has 0 aliphatic heterocycles. The maximum Gasteiger partial charge on any atom is 0.343 e. The van der Waals surface area contributed by atoms with Crippen molar-refractivity contribution >= 4 is 23.5 Å². The second kappa shape index (κ2) is 7.83. The summed E-state index contributed by atoms with van der Waals surface area (Å²) in [4.78, 5) is 24.1. The summed E-state index contributed by atoms with van der Waals surface area (Å²) in [6, 6.07) is 6.68. The van der Waals surface area contributed by atoms with Crippen LogP contribution in [0.5, 0.6) is 5.75 Å². The molecule has 0 amide bonds. The second-order valence-corrected chi connectivity index (χ2v) is 5.94. The van der Waals surface area contributed by atoms with Crippen molar-refractivity contribution in [3.05, 3.63) is 41.9 Å². The van der Waals surface area contributed by atoms with Gasteiger partial charge in [-0.3, -0.25) is 0 Å². The van der Waals surface area contributed by atoms with Crippen molar-refractivity contribution in [1.82, 2.24) is 20.1 Å². The number of carbonyl (C=O) groups excluding carboxylic acids is 1. The van der Waals surface area contributed by atoms with Gasteiger partial charge in [-0.1, -0.05) is 29.1 Å². The van der Waals surface area contributed by atoms with Crippen LogP contribution in [0.3, 0.4) is 0 Å². The van der Waals surface area contributed by atoms with Crippen LogP contribution in [0.25, 0.3) is 11.5 Å². The van der Waals surface area contributed by atoms with E-state index in [1.165, 1.54) is 24.0 Å². The second-order valence-electron chi connectivity index (χ2n) is 4.99. The molecule has 0 aliphatic rings. The number of nitrogens with two attached hydrogens (primary N) is 1. The van der Waals surface area contributed by atoms with Gasteiger partial charge in [0.1, 0.15) is 17.1 Å². The normalized spacial score (nSPS) is 10.7. The third kappa shape index (κ3) is 3.91. The molecular formula is C16H15N5O4S. The molecule has 3 aromatic rings. The van der Waals surface area contributed by atoms with E-state index >= 15 is 0 Å². The van der Waals surface area contributed by atoms with Crippen LogP contribution in [0.15, 0.2) is 40.1 Å². The van der Waals surface area contributed by atoms with Gasteiger partial charge in [-0.2, -0.15) is 4.98 Å². The first-order valence-corrected chi connectivity index (χ1v) is 8.60. The Morgan fingerprint density at radius 2 is 2.15 bits per heavy atom. The fourth-order valence-electron chi connectivity index (χ4n) is 2.02. The minimum Gasteiger partial charge on any atom is -0.507 e. The molecule has 0 spiro atoms. The van der Waals surface area contributed by atoms with Crippen LogP contribution in [-0.2, 0) is 10.5 Å². The zero-order chi connectivity index (χ0) is 18.5. The smallest absolute Gasteiger partial charge is 0.343 e. The Balaban J connectivity index is 1.67. The van der Waals surface area contributed by atoms with Gasteiger partial charge in [0.05, 0.1) is 17.9 Å². The van der Waals surface area contributed by atoms with Crippen molar-refractivity contribution in [3.63, 3.8) is 0 Å². The summed E-state index contributed by atoms with van der Waals surface area (Å²) in [6.45, 7) is 1.94. The molecular weight excluding hydrogens is 358 g/mol. The molecule has 0 aliphatic carbocycles. The number of phenols is 1. The largest absolute Gasteiger partial charge is 0.507 e. The molecule has 3 rings (SSSR count). The number of ether oxygens (including phenoxy) is 1. The summed E-state index contributed by atoms with van der Waals surface area (Å²) in [6.07, 6.45) is 1.33. The Morgan fingerprint density at radius 3 is 2.88 bits per heavy atom. The quantitative estimate of drug-likeness (QED) is 0.376. The van der Waals surface area contributed by atoms with Crippen LogP contribution in [-0.4, -0.2) is 37.8 Å². The molecule has 1 aromatic carbocycles. The first-order valence-electron chi connectivity index (χ1n) is 7.62. The summed E-state index contributed by atoms with van der Waals surface area (Å²) >= 11 is 1.23. The van der Waals surface area contributed by atoms with Gasteiger partial charge in [-0.25, -0.2) is 14.8 Å². The molecule has 2 heterocycles. The summed E-state index contributed by atoms with van der Waals surface area (Å²) in [7, 11) is 0. The predicted molar refractivity (Wildman–Crippen MR) is 93.4 cm³/mol. The number of esters is 1. The SMILES string of the molecule is CCOC(=O)c1cnc(SCc2noc(-c3ccccc3O)n2)nc1N. The Hall–Kier alpha value is -3.14. The van der Waals surface area contributed by atoms with Gasteiger partial charge in [0.2, 0.25) is 0 Å². The van der Waals surface area contributed by atoms with Crippen LogP contribution in [0.1, 0.15) is 23.1 Å². The average Bonchev–Trinajstić information content (AvgIpc) is 3.09. The lowest BCUT2D eigenvalue weighted by Gasteiger charge is -2.05. The highest BCUT2D eigenvalue weighted by Crippen LogP contribution is 2.28. The van der Waals surface area contributed by atoms with Crippen LogP contribution in [0.2, 0.25) is 0 Å². The van der Waals surface area contributed by atoms with E-state index in [1.807, 2.05) is 0 Å². The van der Waals surface area contributed by atoms with E-state index in [-0.39, 0.29) is 29.6 Å². The lowest BCUT2D eigenvalue weighted by atomic mass is 10.2. The standard InChI is InChI=1S/C16H15N5O4S/c1-2-24-15(23)10-7-18-16(20-13(10)17)26-8-12-19-14(25-21-12)9-5-3-4-6-11(9)22/h3-7,22H,2,8H2,1H3,(H2,17,18,20). The minimum absolute atomic E-state index is 0.0453. The fraction of sp³-hybridized carbons (Fsp3) is 0.188. The summed E-state index contributed by atoms with van der Waals surface area (Å²) in [5.41, 5.74) is 6.35. The molecule has 10 heteroatoms. The molecule has 0 radical (unpaired) electrons. The zero-order valence-electron chi connectivity index (χ0n) is 13.7. The fourth-order valence-corrected chi connectivity index (χ4v) is 2.68. The number of rotatable bonds is 6. The third-order valence-electron chi connectivity index (χ3n) is 3.22. The van der Waals surface area contributed by atoms with Crippen molar-refractivity contribution in [2.45, 2.75) is 17.8 Å². The molecule has 134 valence electrons. The van der Waals surface area contributed by atoms with E-state index in [9.17, 15) is 9.90 Å². The van der Waals surface area contributed by atoms with Crippen LogP contribution in [0.4, 0.5) is 5.82 Å². The van der Waals surface area contributed by atoms with Crippen LogP contribution >= 0.6 is 11.8 Å². The lowest BCUT2D eigenvalue weighted by molar-refractivity contribution is 0.0526. The van der Waals surface area contributed by atoms with Gasteiger partial charge >= 0.3 is 5.97 Å². The van der Waals surface area contributed by atoms with E-state index in [1.54, 1.807) is 25.1 Å². The number of carbonyl (C=O) groups is 1. The zero-order valence-corrected chi connectivity index (χ0v) is 14.6. The van der Waals surface area contributed by atoms with E-state index in [2.05, 4.69) is 20.1 Å². The van der Waals surface area contributed by atoms with Crippen molar-refractivity contribution in [2.24, 2.45) is 0 Å². The molecule has 2 aromatic heterocycles. The predicted octanol–water partition coefficient (Wildman–Crippen LogP) is 2.28. The van der Waals surface area contributed by atoms with Crippen LogP contribution < -0.4 is 5.73 Å². The first-order chi connectivity index (χ1) is 12.6. The first kappa shape index (κ1) is 17.7.